The number of hydrogen-bond acceptors (Lipinski definition) is 1. The normalized spacial score (nSPS) is 11.9. The van der Waals surface area contributed by atoms with E-state index in [-0.39, 0.29) is 5.78 Å². The van der Waals surface area contributed by atoms with Crippen LogP contribution in [0.1, 0.15) is 27.0 Å². The van der Waals surface area contributed by atoms with Crippen LogP contribution in [0.5, 0.6) is 0 Å². The van der Waals surface area contributed by atoms with Crippen molar-refractivity contribution in [3.8, 4) is 11.1 Å². The first kappa shape index (κ1) is 13.3. The van der Waals surface area contributed by atoms with Crippen molar-refractivity contribution in [2.24, 2.45) is 0 Å². The summed E-state index contributed by atoms with van der Waals surface area (Å²) in [5.41, 5.74) is 5.94. The molecule has 0 atom stereocenters. The maximum atomic E-state index is 12.9. The van der Waals surface area contributed by atoms with Crippen LogP contribution in [0, 0.1) is 0 Å². The van der Waals surface area contributed by atoms with E-state index >= 15 is 0 Å². The highest BCUT2D eigenvalue weighted by Gasteiger charge is 2.26. The number of hydrogen-bond donors (Lipinski definition) is 0. The Morgan fingerprint density at radius 1 is 0.818 bits per heavy atom. The lowest BCUT2D eigenvalue weighted by atomic mass is 9.95. The van der Waals surface area contributed by atoms with E-state index < -0.39 is 0 Å². The molecule has 0 unspecified atom stereocenters. The average Bonchev–Trinajstić information content (AvgIpc) is 2.93. The predicted molar refractivity (Wildman–Crippen MR) is 89.6 cm³/mol. The fourth-order valence-corrected chi connectivity index (χ4v) is 3.43. The molecule has 1 aliphatic rings. The predicted octanol–water partition coefficient (Wildman–Crippen LogP) is 5.14. The van der Waals surface area contributed by atoms with Gasteiger partial charge in [-0.25, -0.2) is 0 Å². The second kappa shape index (κ2) is 5.11. The molecule has 0 saturated heterocycles. The van der Waals surface area contributed by atoms with Crippen molar-refractivity contribution in [3.63, 3.8) is 0 Å². The number of fused-ring (bicyclic) bond motifs is 3. The zero-order valence-corrected chi connectivity index (χ0v) is 12.6. The largest absolute Gasteiger partial charge is 0.289 e. The molecule has 3 aromatic carbocycles. The van der Waals surface area contributed by atoms with Gasteiger partial charge in [0.15, 0.2) is 5.78 Å². The van der Waals surface area contributed by atoms with Gasteiger partial charge in [-0.2, -0.15) is 0 Å². The average molecular weight is 305 g/mol. The van der Waals surface area contributed by atoms with Crippen LogP contribution in [0.3, 0.4) is 0 Å². The van der Waals surface area contributed by atoms with Gasteiger partial charge in [0.2, 0.25) is 0 Å². The molecule has 0 spiro atoms. The Kier molecular flexibility index (Phi) is 3.09. The minimum absolute atomic E-state index is 0.00439. The Hall–Kier alpha value is -2.38. The summed E-state index contributed by atoms with van der Waals surface area (Å²) in [6.07, 6.45) is 0.764. The maximum absolute atomic E-state index is 12.9. The minimum atomic E-state index is -0.00439. The van der Waals surface area contributed by atoms with Gasteiger partial charge in [-0.05, 0) is 34.7 Å². The van der Waals surface area contributed by atoms with Crippen LogP contribution >= 0.6 is 11.6 Å². The van der Waals surface area contributed by atoms with E-state index in [1.165, 1.54) is 11.1 Å². The number of carbonyl (C=O) groups excluding carboxylic acids is 1. The molecular formula is C20H13ClO. The topological polar surface area (TPSA) is 17.1 Å². The van der Waals surface area contributed by atoms with Gasteiger partial charge >= 0.3 is 0 Å². The number of ketones is 1. The Morgan fingerprint density at radius 3 is 2.36 bits per heavy atom. The van der Waals surface area contributed by atoms with E-state index in [4.69, 9.17) is 11.6 Å². The van der Waals surface area contributed by atoms with Gasteiger partial charge in [-0.15, -0.1) is 0 Å². The third-order valence-corrected chi connectivity index (χ3v) is 4.51. The summed E-state index contributed by atoms with van der Waals surface area (Å²) in [6, 6.07) is 21.4. The molecule has 0 radical (unpaired) electrons. The second-order valence-electron chi connectivity index (χ2n) is 5.48. The van der Waals surface area contributed by atoms with Crippen molar-refractivity contribution in [3.05, 3.63) is 94.0 Å². The summed E-state index contributed by atoms with van der Waals surface area (Å²) < 4.78 is 0. The van der Waals surface area contributed by atoms with Gasteiger partial charge in [0.1, 0.15) is 0 Å². The summed E-state index contributed by atoms with van der Waals surface area (Å²) in [7, 11) is 0. The quantitative estimate of drug-likeness (QED) is 0.468. The van der Waals surface area contributed by atoms with E-state index in [0.717, 1.165) is 17.5 Å². The summed E-state index contributed by atoms with van der Waals surface area (Å²) in [4.78, 5) is 12.9. The highest BCUT2D eigenvalue weighted by atomic mass is 35.5. The standard InChI is InChI=1S/C20H13ClO/c21-18-11-10-16-15-9-5-4-8-14(15)12-17(16)19(18)20(22)13-6-2-1-3-7-13/h1-11H,12H2. The van der Waals surface area contributed by atoms with Crippen molar-refractivity contribution in [1.82, 2.24) is 0 Å². The third kappa shape index (κ3) is 1.98. The molecule has 0 bridgehead atoms. The highest BCUT2D eigenvalue weighted by Crippen LogP contribution is 2.41. The summed E-state index contributed by atoms with van der Waals surface area (Å²) in [6.45, 7) is 0. The van der Waals surface area contributed by atoms with Gasteiger partial charge in [0.25, 0.3) is 0 Å². The van der Waals surface area contributed by atoms with Crippen molar-refractivity contribution in [1.29, 1.82) is 0 Å². The van der Waals surface area contributed by atoms with E-state index in [2.05, 4.69) is 12.1 Å². The van der Waals surface area contributed by atoms with Gasteiger partial charge in [0.05, 0.1) is 5.02 Å². The molecule has 0 saturated carbocycles. The first-order valence-corrected chi connectivity index (χ1v) is 7.63. The van der Waals surface area contributed by atoms with Gasteiger partial charge in [0, 0.05) is 11.1 Å². The van der Waals surface area contributed by atoms with Crippen LogP contribution in [0.25, 0.3) is 11.1 Å². The molecular weight excluding hydrogens is 292 g/mol. The van der Waals surface area contributed by atoms with Crippen LogP contribution in [-0.4, -0.2) is 5.78 Å². The molecule has 2 heteroatoms. The molecule has 0 aliphatic heterocycles. The molecule has 0 fully saturated rings. The summed E-state index contributed by atoms with van der Waals surface area (Å²) in [5, 5.41) is 0.528. The Morgan fingerprint density at radius 2 is 1.55 bits per heavy atom. The first-order valence-electron chi connectivity index (χ1n) is 7.25. The zero-order chi connectivity index (χ0) is 15.1. The second-order valence-corrected chi connectivity index (χ2v) is 5.88. The lowest BCUT2D eigenvalue weighted by molar-refractivity contribution is 0.103. The maximum Gasteiger partial charge on any atom is 0.194 e. The Balaban J connectivity index is 1.91. The number of carbonyl (C=O) groups is 1. The van der Waals surface area contributed by atoms with E-state index in [1.54, 1.807) is 0 Å². The Bertz CT molecular complexity index is 881. The lowest BCUT2D eigenvalue weighted by Gasteiger charge is -2.10. The van der Waals surface area contributed by atoms with Crippen LogP contribution in [-0.2, 0) is 6.42 Å². The van der Waals surface area contributed by atoms with Crippen molar-refractivity contribution in [2.45, 2.75) is 6.42 Å². The SMILES string of the molecule is O=C(c1ccccc1)c1c(Cl)ccc2c1Cc1ccccc1-2. The van der Waals surface area contributed by atoms with Crippen LogP contribution in [0.2, 0.25) is 5.02 Å². The number of benzene rings is 3. The monoisotopic (exact) mass is 304 g/mol. The van der Waals surface area contributed by atoms with E-state index in [9.17, 15) is 4.79 Å². The minimum Gasteiger partial charge on any atom is -0.289 e. The van der Waals surface area contributed by atoms with Gasteiger partial charge < -0.3 is 0 Å². The fraction of sp³-hybridized carbons (Fsp3) is 0.0500. The lowest BCUT2D eigenvalue weighted by Crippen LogP contribution is -2.06. The molecule has 0 heterocycles. The molecule has 4 rings (SSSR count). The summed E-state index contributed by atoms with van der Waals surface area (Å²) >= 11 is 6.37. The van der Waals surface area contributed by atoms with Crippen molar-refractivity contribution < 1.29 is 4.79 Å². The smallest absolute Gasteiger partial charge is 0.194 e. The van der Waals surface area contributed by atoms with Crippen LogP contribution < -0.4 is 0 Å². The van der Waals surface area contributed by atoms with Crippen molar-refractivity contribution >= 4 is 17.4 Å². The van der Waals surface area contributed by atoms with E-state index in [0.29, 0.717) is 16.1 Å². The first-order chi connectivity index (χ1) is 10.8. The number of rotatable bonds is 2. The molecule has 106 valence electrons. The molecule has 22 heavy (non-hydrogen) atoms. The number of halogens is 1. The van der Waals surface area contributed by atoms with Gasteiger partial charge in [-0.1, -0.05) is 72.3 Å². The van der Waals surface area contributed by atoms with Gasteiger partial charge in [-0.3, -0.25) is 4.79 Å². The molecule has 3 aromatic rings. The Labute approximate surface area is 134 Å². The highest BCUT2D eigenvalue weighted by molar-refractivity contribution is 6.35. The molecule has 1 aliphatic carbocycles. The summed E-state index contributed by atoms with van der Waals surface area (Å²) in [5.74, 6) is -0.00439. The molecule has 0 N–H and O–H groups in total. The van der Waals surface area contributed by atoms with Crippen LogP contribution in [0.4, 0.5) is 0 Å². The molecule has 0 aromatic heterocycles. The fourth-order valence-electron chi connectivity index (χ4n) is 3.16. The zero-order valence-electron chi connectivity index (χ0n) is 11.8. The third-order valence-electron chi connectivity index (χ3n) is 4.20. The molecule has 0 amide bonds. The van der Waals surface area contributed by atoms with Crippen molar-refractivity contribution in [2.75, 3.05) is 0 Å². The van der Waals surface area contributed by atoms with E-state index in [1.807, 2.05) is 54.6 Å². The molecule has 1 nitrogen and oxygen atoms in total. The van der Waals surface area contributed by atoms with Crippen LogP contribution in [0.15, 0.2) is 66.7 Å².